The van der Waals surface area contributed by atoms with Gasteiger partial charge in [-0.2, -0.15) is 4.98 Å². The van der Waals surface area contributed by atoms with Crippen molar-refractivity contribution in [3.05, 3.63) is 36.1 Å². The van der Waals surface area contributed by atoms with Gasteiger partial charge in [0.05, 0.1) is 5.56 Å². The maximum Gasteiger partial charge on any atom is 0.254 e. The van der Waals surface area contributed by atoms with E-state index in [1.807, 2.05) is 0 Å². The predicted octanol–water partition coefficient (Wildman–Crippen LogP) is 0.821. The summed E-state index contributed by atoms with van der Waals surface area (Å²) < 4.78 is 4.64. The van der Waals surface area contributed by atoms with E-state index in [4.69, 9.17) is 0 Å². The normalized spacial score (nSPS) is 10.2. The molecule has 2 heterocycles. The van der Waals surface area contributed by atoms with Crippen molar-refractivity contribution in [2.24, 2.45) is 0 Å². The third kappa shape index (κ3) is 3.51. The summed E-state index contributed by atoms with van der Waals surface area (Å²) in [6.45, 7) is 0.646. The predicted molar refractivity (Wildman–Crippen MR) is 68.7 cm³/mol. The largest absolute Gasteiger partial charge is 0.370 e. The first-order valence-corrected chi connectivity index (χ1v) is 5.83. The van der Waals surface area contributed by atoms with Crippen molar-refractivity contribution in [2.75, 3.05) is 26.0 Å². The topological polar surface area (TPSA) is 84.2 Å². The van der Waals surface area contributed by atoms with Crippen molar-refractivity contribution in [3.63, 3.8) is 0 Å². The molecule has 7 nitrogen and oxygen atoms in total. The zero-order chi connectivity index (χ0) is 13.7. The van der Waals surface area contributed by atoms with Crippen molar-refractivity contribution < 1.29 is 9.32 Å². The van der Waals surface area contributed by atoms with Gasteiger partial charge in [-0.3, -0.25) is 4.79 Å². The van der Waals surface area contributed by atoms with Crippen molar-refractivity contribution in [1.29, 1.82) is 0 Å². The molecule has 0 aliphatic rings. The summed E-state index contributed by atoms with van der Waals surface area (Å²) in [5.74, 6) is 1.29. The summed E-state index contributed by atoms with van der Waals surface area (Å²) in [4.78, 5) is 21.3. The van der Waals surface area contributed by atoms with Crippen LogP contribution in [0.25, 0.3) is 0 Å². The molecule has 7 heteroatoms. The van der Waals surface area contributed by atoms with Crippen LogP contribution in [0.5, 0.6) is 0 Å². The highest BCUT2D eigenvalue weighted by Gasteiger charge is 2.07. The molecular formula is C12H15N5O2. The van der Waals surface area contributed by atoms with Crippen molar-refractivity contribution in [3.8, 4) is 0 Å². The van der Waals surface area contributed by atoms with E-state index in [9.17, 15) is 4.79 Å². The minimum absolute atomic E-state index is 0.0640. The van der Waals surface area contributed by atoms with Crippen LogP contribution < -0.4 is 5.32 Å². The van der Waals surface area contributed by atoms with E-state index in [2.05, 4.69) is 25.0 Å². The Morgan fingerprint density at radius 3 is 2.79 bits per heavy atom. The molecule has 0 atom stereocenters. The summed E-state index contributed by atoms with van der Waals surface area (Å²) in [7, 11) is 3.42. The average molecular weight is 261 g/mol. The Morgan fingerprint density at radius 1 is 1.37 bits per heavy atom. The number of rotatable bonds is 5. The van der Waals surface area contributed by atoms with E-state index in [1.54, 1.807) is 32.4 Å². The molecule has 2 aromatic heterocycles. The zero-order valence-electron chi connectivity index (χ0n) is 10.8. The Hall–Kier alpha value is -2.44. The summed E-state index contributed by atoms with van der Waals surface area (Å²) in [5.41, 5.74) is 0.564. The Morgan fingerprint density at radius 2 is 2.21 bits per heavy atom. The quantitative estimate of drug-likeness (QED) is 0.857. The SMILES string of the molecule is CN(C)C(=O)c1ccc(NCCc2ncon2)nc1. The molecule has 1 amide bonds. The summed E-state index contributed by atoms with van der Waals surface area (Å²) in [6, 6.07) is 3.51. The molecule has 0 aromatic carbocycles. The van der Waals surface area contributed by atoms with E-state index in [1.165, 1.54) is 11.3 Å². The number of aromatic nitrogens is 3. The van der Waals surface area contributed by atoms with Crippen LogP contribution in [0.1, 0.15) is 16.2 Å². The number of hydrogen-bond acceptors (Lipinski definition) is 6. The highest BCUT2D eigenvalue weighted by molar-refractivity contribution is 5.93. The van der Waals surface area contributed by atoms with Crippen LogP contribution in [0.2, 0.25) is 0 Å². The number of pyridine rings is 1. The average Bonchev–Trinajstić information content (AvgIpc) is 2.92. The Kier molecular flexibility index (Phi) is 4.07. The van der Waals surface area contributed by atoms with Gasteiger partial charge in [0.2, 0.25) is 6.39 Å². The molecular weight excluding hydrogens is 246 g/mol. The molecule has 0 spiro atoms. The Balaban J connectivity index is 1.86. The minimum Gasteiger partial charge on any atom is -0.370 e. The fourth-order valence-corrected chi connectivity index (χ4v) is 1.49. The van der Waals surface area contributed by atoms with E-state index >= 15 is 0 Å². The van der Waals surface area contributed by atoms with E-state index in [-0.39, 0.29) is 5.91 Å². The van der Waals surface area contributed by atoms with E-state index in [0.717, 1.165) is 0 Å². The van der Waals surface area contributed by atoms with Gasteiger partial charge in [0.15, 0.2) is 5.82 Å². The number of anilines is 1. The number of hydrogen-bond donors (Lipinski definition) is 1. The third-order valence-electron chi connectivity index (χ3n) is 2.48. The number of nitrogens with one attached hydrogen (secondary N) is 1. The van der Waals surface area contributed by atoms with E-state index < -0.39 is 0 Å². The van der Waals surface area contributed by atoms with Gasteiger partial charge in [0.1, 0.15) is 5.82 Å². The van der Waals surface area contributed by atoms with Gasteiger partial charge < -0.3 is 14.7 Å². The standard InChI is InChI=1S/C12H15N5O2/c1-17(2)12(18)9-3-4-10(14-7-9)13-6-5-11-15-8-19-16-11/h3-4,7-8H,5-6H2,1-2H3,(H,13,14). The molecule has 0 aliphatic carbocycles. The second kappa shape index (κ2) is 5.94. The van der Waals surface area contributed by atoms with Gasteiger partial charge in [-0.15, -0.1) is 0 Å². The molecule has 19 heavy (non-hydrogen) atoms. The van der Waals surface area contributed by atoms with Crippen molar-refractivity contribution >= 4 is 11.7 Å². The fraction of sp³-hybridized carbons (Fsp3) is 0.333. The van der Waals surface area contributed by atoms with Crippen molar-refractivity contribution in [1.82, 2.24) is 20.0 Å². The lowest BCUT2D eigenvalue weighted by Gasteiger charge is -2.10. The Labute approximate surface area is 110 Å². The highest BCUT2D eigenvalue weighted by atomic mass is 16.5. The van der Waals surface area contributed by atoms with Crippen LogP contribution in [0.3, 0.4) is 0 Å². The van der Waals surface area contributed by atoms with Crippen LogP contribution in [0.15, 0.2) is 29.2 Å². The lowest BCUT2D eigenvalue weighted by Crippen LogP contribution is -2.21. The lowest BCUT2D eigenvalue weighted by atomic mass is 10.2. The minimum atomic E-state index is -0.0640. The molecule has 2 aromatic rings. The van der Waals surface area contributed by atoms with Crippen molar-refractivity contribution in [2.45, 2.75) is 6.42 Å². The summed E-state index contributed by atoms with van der Waals surface area (Å²) in [6.07, 6.45) is 3.50. The molecule has 1 N–H and O–H groups in total. The molecule has 0 radical (unpaired) electrons. The molecule has 0 bridgehead atoms. The third-order valence-corrected chi connectivity index (χ3v) is 2.48. The van der Waals surface area contributed by atoms with E-state index in [0.29, 0.717) is 30.2 Å². The summed E-state index contributed by atoms with van der Waals surface area (Å²) >= 11 is 0. The van der Waals surface area contributed by atoms with Gasteiger partial charge >= 0.3 is 0 Å². The molecule has 0 saturated carbocycles. The zero-order valence-corrected chi connectivity index (χ0v) is 10.8. The van der Waals surface area contributed by atoms with Crippen LogP contribution >= 0.6 is 0 Å². The second-order valence-electron chi connectivity index (χ2n) is 4.16. The summed E-state index contributed by atoms with van der Waals surface area (Å²) in [5, 5.41) is 6.83. The van der Waals surface area contributed by atoms with Gasteiger partial charge in [-0.1, -0.05) is 5.16 Å². The monoisotopic (exact) mass is 261 g/mol. The van der Waals surface area contributed by atoms with Crippen LogP contribution in [0, 0.1) is 0 Å². The second-order valence-corrected chi connectivity index (χ2v) is 4.16. The number of amides is 1. The molecule has 0 aliphatic heterocycles. The first-order valence-electron chi connectivity index (χ1n) is 5.83. The van der Waals surface area contributed by atoms with Crippen LogP contribution in [-0.2, 0) is 6.42 Å². The maximum absolute atomic E-state index is 11.7. The van der Waals surface area contributed by atoms with Crippen LogP contribution in [-0.4, -0.2) is 46.6 Å². The number of carbonyl (C=O) groups is 1. The number of nitrogens with zero attached hydrogens (tertiary/aromatic N) is 4. The van der Waals surface area contributed by atoms with Crippen LogP contribution in [0.4, 0.5) is 5.82 Å². The smallest absolute Gasteiger partial charge is 0.254 e. The maximum atomic E-state index is 11.7. The van der Waals surface area contributed by atoms with Gasteiger partial charge in [0, 0.05) is 33.3 Å². The lowest BCUT2D eigenvalue weighted by molar-refractivity contribution is 0.0827. The molecule has 0 saturated heterocycles. The molecule has 100 valence electrons. The fourth-order valence-electron chi connectivity index (χ4n) is 1.49. The Bertz CT molecular complexity index is 522. The highest BCUT2D eigenvalue weighted by Crippen LogP contribution is 2.06. The molecule has 0 unspecified atom stereocenters. The molecule has 2 rings (SSSR count). The number of carbonyl (C=O) groups excluding carboxylic acids is 1. The van der Waals surface area contributed by atoms with Gasteiger partial charge in [0.25, 0.3) is 5.91 Å². The first-order chi connectivity index (χ1) is 9.16. The molecule has 0 fully saturated rings. The van der Waals surface area contributed by atoms with Gasteiger partial charge in [-0.25, -0.2) is 4.98 Å². The first kappa shape index (κ1) is 13.0. The van der Waals surface area contributed by atoms with Gasteiger partial charge in [-0.05, 0) is 12.1 Å².